The van der Waals surface area contributed by atoms with Gasteiger partial charge in [0, 0.05) is 0 Å². The lowest BCUT2D eigenvalue weighted by atomic mass is 10.0. The number of methoxy groups -OCH3 is 1. The van der Waals surface area contributed by atoms with Crippen molar-refractivity contribution in [2.75, 3.05) is 25.2 Å². The number of hydrogen-bond acceptors (Lipinski definition) is 7. The molecule has 150 valence electrons. The van der Waals surface area contributed by atoms with Crippen molar-refractivity contribution in [3.63, 3.8) is 0 Å². The van der Waals surface area contributed by atoms with Crippen LogP contribution in [0.15, 0.2) is 36.5 Å². The van der Waals surface area contributed by atoms with Crippen LogP contribution >= 0.6 is 0 Å². The Bertz CT molecular complexity index is 986. The summed E-state index contributed by atoms with van der Waals surface area (Å²) in [6.45, 7) is 1.11. The Morgan fingerprint density at radius 1 is 1.29 bits per heavy atom. The Balaban J connectivity index is 1.63. The van der Waals surface area contributed by atoms with Gasteiger partial charge in [-0.3, -0.25) is 4.79 Å². The van der Waals surface area contributed by atoms with Crippen molar-refractivity contribution in [2.24, 2.45) is 0 Å². The fraction of sp³-hybridized carbons (Fsp3) is 0.389. The third-order valence-electron chi connectivity index (χ3n) is 4.39. The Hall–Kier alpha value is -2.88. The molecule has 0 radical (unpaired) electrons. The number of nitrogens with zero attached hydrogens (tertiary/aromatic N) is 2. The molecular weight excluding hydrogens is 386 g/mol. The Morgan fingerprint density at radius 3 is 2.61 bits per heavy atom. The number of carbonyl (C=O) groups excluding carboxylic acids is 2. The molecule has 1 aromatic carbocycles. The van der Waals surface area contributed by atoms with Gasteiger partial charge in [-0.2, -0.15) is 5.10 Å². The predicted octanol–water partition coefficient (Wildman–Crippen LogP) is 0.731. The lowest BCUT2D eigenvalue weighted by Crippen LogP contribution is -2.48. The Morgan fingerprint density at radius 2 is 2.00 bits per heavy atom. The van der Waals surface area contributed by atoms with Crippen LogP contribution in [0.2, 0.25) is 0 Å². The average molecular weight is 407 g/mol. The second-order valence-electron chi connectivity index (χ2n) is 6.85. The number of hydrogen-bond donors (Lipinski definition) is 1. The highest BCUT2D eigenvalue weighted by Crippen LogP contribution is 2.23. The third kappa shape index (κ3) is 4.50. The molecule has 0 saturated carbocycles. The molecule has 0 aliphatic carbocycles. The van der Waals surface area contributed by atoms with E-state index in [-0.39, 0.29) is 22.9 Å². The zero-order valence-corrected chi connectivity index (χ0v) is 16.4. The second kappa shape index (κ2) is 7.63. The van der Waals surface area contributed by atoms with Crippen molar-refractivity contribution in [3.8, 4) is 11.4 Å². The van der Waals surface area contributed by atoms with Gasteiger partial charge in [-0.15, -0.1) is 0 Å². The SMILES string of the molecule is COc1cn(-c2ccccc2)nc1C(=O)OCC(=O)N[C@]1(C)CCS(=O)(=O)C1. The molecule has 1 fully saturated rings. The van der Waals surface area contributed by atoms with Crippen molar-refractivity contribution in [2.45, 2.75) is 18.9 Å². The largest absolute Gasteiger partial charge is 0.493 e. The first kappa shape index (κ1) is 19.9. The van der Waals surface area contributed by atoms with Crippen LogP contribution in [-0.2, 0) is 19.4 Å². The van der Waals surface area contributed by atoms with E-state index in [1.807, 2.05) is 30.3 Å². The standard InChI is InChI=1S/C18H21N3O6S/c1-18(8-9-28(24,25)12-18)19-15(22)11-27-17(23)16-14(26-2)10-21(20-16)13-6-4-3-5-7-13/h3-7,10H,8-9,11-12H2,1-2H3,(H,19,22)/t18-/m1/s1. The molecule has 0 unspecified atom stereocenters. The van der Waals surface area contributed by atoms with Gasteiger partial charge in [0.2, 0.25) is 5.69 Å². The molecule has 3 rings (SSSR count). The van der Waals surface area contributed by atoms with E-state index in [4.69, 9.17) is 9.47 Å². The number of sulfone groups is 1. The van der Waals surface area contributed by atoms with Crippen molar-refractivity contribution in [1.82, 2.24) is 15.1 Å². The lowest BCUT2D eigenvalue weighted by molar-refractivity contribution is -0.125. The number of ether oxygens (including phenoxy) is 2. The molecule has 1 N–H and O–H groups in total. The summed E-state index contributed by atoms with van der Waals surface area (Å²) in [6, 6.07) is 9.13. The number of aromatic nitrogens is 2. The minimum atomic E-state index is -3.16. The van der Waals surface area contributed by atoms with Gasteiger partial charge < -0.3 is 14.8 Å². The summed E-state index contributed by atoms with van der Waals surface area (Å²) >= 11 is 0. The van der Waals surface area contributed by atoms with Crippen molar-refractivity contribution in [1.29, 1.82) is 0 Å². The zero-order valence-electron chi connectivity index (χ0n) is 15.5. The van der Waals surface area contributed by atoms with Crippen molar-refractivity contribution in [3.05, 3.63) is 42.2 Å². The summed E-state index contributed by atoms with van der Waals surface area (Å²) in [5, 5.41) is 6.80. The third-order valence-corrected chi connectivity index (χ3v) is 6.30. The normalized spacial score (nSPS) is 20.5. The van der Waals surface area contributed by atoms with Crippen LogP contribution in [0, 0.1) is 0 Å². The maximum atomic E-state index is 12.3. The Kier molecular flexibility index (Phi) is 5.41. The molecule has 1 saturated heterocycles. The highest BCUT2D eigenvalue weighted by molar-refractivity contribution is 7.91. The molecule has 9 nitrogen and oxygen atoms in total. The lowest BCUT2D eigenvalue weighted by Gasteiger charge is -2.23. The van der Waals surface area contributed by atoms with Crippen LogP contribution in [-0.4, -0.2) is 60.8 Å². The van der Waals surface area contributed by atoms with Crippen LogP contribution in [0.4, 0.5) is 0 Å². The molecule has 1 aromatic heterocycles. The van der Waals surface area contributed by atoms with Crippen LogP contribution < -0.4 is 10.1 Å². The van der Waals surface area contributed by atoms with E-state index < -0.39 is 33.9 Å². The summed E-state index contributed by atoms with van der Waals surface area (Å²) in [5.74, 6) is -1.28. The van der Waals surface area contributed by atoms with E-state index >= 15 is 0 Å². The number of nitrogens with one attached hydrogen (secondary N) is 1. The summed E-state index contributed by atoms with van der Waals surface area (Å²) in [4.78, 5) is 24.4. The van der Waals surface area contributed by atoms with E-state index in [0.717, 1.165) is 5.69 Å². The zero-order chi connectivity index (χ0) is 20.4. The highest BCUT2D eigenvalue weighted by atomic mass is 32.2. The number of amides is 1. The smallest absolute Gasteiger partial charge is 0.363 e. The van der Waals surface area contributed by atoms with E-state index in [1.54, 1.807) is 6.92 Å². The predicted molar refractivity (Wildman–Crippen MR) is 100 cm³/mol. The van der Waals surface area contributed by atoms with Gasteiger partial charge in [0.25, 0.3) is 5.91 Å². The van der Waals surface area contributed by atoms with Crippen LogP contribution in [0.5, 0.6) is 5.75 Å². The number of carbonyl (C=O) groups is 2. The van der Waals surface area contributed by atoms with Gasteiger partial charge in [-0.25, -0.2) is 17.9 Å². The maximum absolute atomic E-state index is 12.3. The van der Waals surface area contributed by atoms with E-state index in [0.29, 0.717) is 6.42 Å². The highest BCUT2D eigenvalue weighted by Gasteiger charge is 2.39. The quantitative estimate of drug-likeness (QED) is 0.702. The summed E-state index contributed by atoms with van der Waals surface area (Å²) in [5.41, 5.74) is -0.184. The molecule has 0 spiro atoms. The van der Waals surface area contributed by atoms with Gasteiger partial charge in [0.1, 0.15) is 0 Å². The number of para-hydroxylation sites is 1. The number of esters is 1. The van der Waals surface area contributed by atoms with E-state index in [9.17, 15) is 18.0 Å². The molecule has 1 amide bonds. The topological polar surface area (TPSA) is 117 Å². The molecule has 1 aliphatic rings. The molecular formula is C18H21N3O6S. The van der Waals surface area contributed by atoms with Gasteiger partial charge in [0.15, 0.2) is 22.2 Å². The molecule has 0 bridgehead atoms. The van der Waals surface area contributed by atoms with Crippen LogP contribution in [0.25, 0.3) is 5.69 Å². The minimum Gasteiger partial charge on any atom is -0.493 e. The van der Waals surface area contributed by atoms with Gasteiger partial charge >= 0.3 is 5.97 Å². The first-order chi connectivity index (χ1) is 13.2. The number of benzene rings is 1. The molecule has 1 atom stereocenters. The minimum absolute atomic E-state index is 0.0255. The second-order valence-corrected chi connectivity index (χ2v) is 9.04. The first-order valence-electron chi connectivity index (χ1n) is 8.59. The fourth-order valence-corrected chi connectivity index (χ4v) is 5.14. The van der Waals surface area contributed by atoms with Gasteiger partial charge in [0.05, 0.1) is 36.0 Å². The van der Waals surface area contributed by atoms with Crippen molar-refractivity contribution < 1.29 is 27.5 Å². The Labute approximate surface area is 162 Å². The average Bonchev–Trinajstić information content (AvgIpc) is 3.21. The summed E-state index contributed by atoms with van der Waals surface area (Å²) in [7, 11) is -1.76. The first-order valence-corrected chi connectivity index (χ1v) is 10.4. The molecule has 28 heavy (non-hydrogen) atoms. The van der Waals surface area contributed by atoms with Gasteiger partial charge in [-0.05, 0) is 25.5 Å². The van der Waals surface area contributed by atoms with Gasteiger partial charge in [-0.1, -0.05) is 18.2 Å². The van der Waals surface area contributed by atoms with E-state index in [1.165, 1.54) is 18.0 Å². The van der Waals surface area contributed by atoms with E-state index in [2.05, 4.69) is 10.4 Å². The fourth-order valence-electron chi connectivity index (χ4n) is 3.04. The van der Waals surface area contributed by atoms with Crippen LogP contribution in [0.1, 0.15) is 23.8 Å². The monoisotopic (exact) mass is 407 g/mol. The maximum Gasteiger partial charge on any atom is 0.363 e. The molecule has 10 heteroatoms. The molecule has 2 heterocycles. The summed E-state index contributed by atoms with van der Waals surface area (Å²) < 4.78 is 34.9. The molecule has 2 aromatic rings. The van der Waals surface area contributed by atoms with Crippen molar-refractivity contribution >= 4 is 21.7 Å². The summed E-state index contributed by atoms with van der Waals surface area (Å²) in [6.07, 6.45) is 1.86. The van der Waals surface area contributed by atoms with Crippen LogP contribution in [0.3, 0.4) is 0 Å². The number of rotatable bonds is 6. The molecule has 1 aliphatic heterocycles.